The van der Waals surface area contributed by atoms with Crippen molar-refractivity contribution in [3.05, 3.63) is 65.0 Å². The van der Waals surface area contributed by atoms with Crippen molar-refractivity contribution in [3.63, 3.8) is 0 Å². The summed E-state index contributed by atoms with van der Waals surface area (Å²) in [5.41, 5.74) is 3.05. The maximum atomic E-state index is 15.9. The molecular formula is C37H55FO5S. The van der Waals surface area contributed by atoms with Crippen LogP contribution in [0.4, 0.5) is 4.39 Å². The van der Waals surface area contributed by atoms with E-state index >= 15 is 4.39 Å². The summed E-state index contributed by atoms with van der Waals surface area (Å²) in [6.07, 6.45) is 7.54. The van der Waals surface area contributed by atoms with Crippen LogP contribution in [-0.4, -0.2) is 62.7 Å². The van der Waals surface area contributed by atoms with Gasteiger partial charge < -0.3 is 23.7 Å². The summed E-state index contributed by atoms with van der Waals surface area (Å²) in [7, 11) is 0. The van der Waals surface area contributed by atoms with E-state index < -0.39 is 24.4 Å². The van der Waals surface area contributed by atoms with Gasteiger partial charge in [0.25, 0.3) is 0 Å². The van der Waals surface area contributed by atoms with E-state index in [1.54, 1.807) is 6.07 Å². The molecule has 0 amide bonds. The summed E-state index contributed by atoms with van der Waals surface area (Å²) >= 11 is 1.92. The van der Waals surface area contributed by atoms with Gasteiger partial charge in [-0.1, -0.05) is 83.7 Å². The standard InChI is InChI=1S/C37H55FO5S/c1-5-9-19-39-26-32-35(40-20-10-6-2)37(42-22-12-8-4)36(41-21-11-7-3)34(43-32)30-24-27(17-18-31(30)38)23-29-25-28-15-13-14-16-33(28)44-29/h13-18,24,29,32,34-37H,5-12,19-23,25-26H2,1-4H3/t29?,32-,34?,35-,36+,37?/m1/s1. The fourth-order valence-electron chi connectivity index (χ4n) is 5.98. The fraction of sp³-hybridized carbons (Fsp3) is 0.676. The highest BCUT2D eigenvalue weighted by atomic mass is 32.2. The van der Waals surface area contributed by atoms with Crippen molar-refractivity contribution in [2.24, 2.45) is 0 Å². The van der Waals surface area contributed by atoms with Gasteiger partial charge in [0, 0.05) is 42.1 Å². The molecule has 246 valence electrons. The summed E-state index contributed by atoms with van der Waals surface area (Å²) in [5.74, 6) is -0.270. The van der Waals surface area contributed by atoms with Gasteiger partial charge in [0.1, 0.15) is 36.3 Å². The Morgan fingerprint density at radius 1 is 0.773 bits per heavy atom. The Bertz CT molecular complexity index is 1070. The van der Waals surface area contributed by atoms with Crippen molar-refractivity contribution in [1.82, 2.24) is 0 Å². The van der Waals surface area contributed by atoms with E-state index in [0.29, 0.717) is 43.8 Å². The zero-order valence-electron chi connectivity index (χ0n) is 27.4. The maximum absolute atomic E-state index is 15.9. The van der Waals surface area contributed by atoms with Crippen molar-refractivity contribution < 1.29 is 28.1 Å². The van der Waals surface area contributed by atoms with Crippen LogP contribution in [-0.2, 0) is 36.5 Å². The number of hydrogen-bond acceptors (Lipinski definition) is 6. The molecule has 2 aliphatic heterocycles. The molecule has 2 aliphatic rings. The number of benzene rings is 2. The second-order valence-electron chi connectivity index (χ2n) is 12.2. The van der Waals surface area contributed by atoms with Gasteiger partial charge in [-0.3, -0.25) is 0 Å². The number of unbranched alkanes of at least 4 members (excludes halogenated alkanes) is 4. The minimum Gasteiger partial charge on any atom is -0.379 e. The molecule has 0 aliphatic carbocycles. The Balaban J connectivity index is 1.63. The smallest absolute Gasteiger partial charge is 0.129 e. The van der Waals surface area contributed by atoms with Crippen LogP contribution in [0.5, 0.6) is 0 Å². The lowest BCUT2D eigenvalue weighted by molar-refractivity contribution is -0.268. The van der Waals surface area contributed by atoms with Crippen molar-refractivity contribution in [3.8, 4) is 0 Å². The Kier molecular flexibility index (Phi) is 15.5. The van der Waals surface area contributed by atoms with Crippen molar-refractivity contribution in [1.29, 1.82) is 0 Å². The maximum Gasteiger partial charge on any atom is 0.129 e. The molecule has 2 aromatic carbocycles. The van der Waals surface area contributed by atoms with Crippen LogP contribution in [0.2, 0.25) is 0 Å². The first-order valence-electron chi connectivity index (χ1n) is 17.2. The number of fused-ring (bicyclic) bond motifs is 1. The third-order valence-electron chi connectivity index (χ3n) is 8.53. The quantitative estimate of drug-likeness (QED) is 0.136. The summed E-state index contributed by atoms with van der Waals surface area (Å²) in [5, 5.41) is 0.427. The lowest BCUT2D eigenvalue weighted by Crippen LogP contribution is -2.58. The largest absolute Gasteiger partial charge is 0.379 e. The van der Waals surface area contributed by atoms with Gasteiger partial charge in [-0.05, 0) is 61.8 Å². The van der Waals surface area contributed by atoms with Crippen molar-refractivity contribution in [2.45, 2.75) is 133 Å². The van der Waals surface area contributed by atoms with Crippen LogP contribution in [0, 0.1) is 5.82 Å². The van der Waals surface area contributed by atoms with Gasteiger partial charge in [-0.25, -0.2) is 4.39 Å². The van der Waals surface area contributed by atoms with E-state index in [1.807, 2.05) is 23.9 Å². The number of thioether (sulfide) groups is 1. The number of ether oxygens (including phenoxy) is 5. The summed E-state index contributed by atoms with van der Waals surface area (Å²) < 4.78 is 48.5. The minimum absolute atomic E-state index is 0.270. The van der Waals surface area contributed by atoms with Crippen LogP contribution in [0.15, 0.2) is 47.4 Å². The molecule has 0 radical (unpaired) electrons. The molecule has 2 heterocycles. The Morgan fingerprint density at radius 3 is 2.09 bits per heavy atom. The molecule has 0 spiro atoms. The second-order valence-corrected chi connectivity index (χ2v) is 13.5. The van der Waals surface area contributed by atoms with Gasteiger partial charge in [-0.2, -0.15) is 0 Å². The van der Waals surface area contributed by atoms with Gasteiger partial charge >= 0.3 is 0 Å². The average Bonchev–Trinajstić information content (AvgIpc) is 3.44. The Labute approximate surface area is 269 Å². The molecule has 1 saturated heterocycles. The monoisotopic (exact) mass is 630 g/mol. The molecule has 0 bridgehead atoms. The highest BCUT2D eigenvalue weighted by molar-refractivity contribution is 8.00. The van der Waals surface area contributed by atoms with Crippen LogP contribution in [0.25, 0.3) is 0 Å². The molecule has 2 aromatic rings. The third-order valence-corrected chi connectivity index (χ3v) is 9.85. The predicted octanol–water partition coefficient (Wildman–Crippen LogP) is 8.90. The molecule has 1 fully saturated rings. The van der Waals surface area contributed by atoms with E-state index in [4.69, 9.17) is 23.7 Å². The first-order valence-corrected chi connectivity index (χ1v) is 18.1. The van der Waals surface area contributed by atoms with Gasteiger partial charge in [0.05, 0.1) is 6.61 Å². The summed E-state index contributed by atoms with van der Waals surface area (Å²) in [4.78, 5) is 1.35. The van der Waals surface area contributed by atoms with E-state index in [9.17, 15) is 0 Å². The first kappa shape index (κ1) is 35.4. The van der Waals surface area contributed by atoms with E-state index in [1.165, 1.54) is 10.5 Å². The summed E-state index contributed by atoms with van der Waals surface area (Å²) in [6.45, 7) is 11.4. The Hall–Kier alpha value is -1.48. The zero-order chi connectivity index (χ0) is 31.1. The van der Waals surface area contributed by atoms with Crippen LogP contribution in [0.1, 0.15) is 102 Å². The first-order chi connectivity index (χ1) is 21.6. The highest BCUT2D eigenvalue weighted by Crippen LogP contribution is 2.41. The third kappa shape index (κ3) is 10.0. The van der Waals surface area contributed by atoms with E-state index in [-0.39, 0.29) is 11.9 Å². The lowest BCUT2D eigenvalue weighted by Gasteiger charge is -2.46. The molecule has 4 rings (SSSR count). The molecule has 0 saturated carbocycles. The van der Waals surface area contributed by atoms with Gasteiger partial charge in [0.2, 0.25) is 0 Å². The normalized spacial score (nSPS) is 24.9. The Morgan fingerprint density at radius 2 is 1.41 bits per heavy atom. The zero-order valence-corrected chi connectivity index (χ0v) is 28.3. The SMILES string of the molecule is CCCCOC[C@H]1OC(c2cc(CC3Cc4ccccc4S3)ccc2F)[C@H](OCCCC)C(OCCCC)[C@@H]1OCCCC. The van der Waals surface area contributed by atoms with Crippen LogP contribution in [0.3, 0.4) is 0 Å². The highest BCUT2D eigenvalue weighted by Gasteiger charge is 2.49. The predicted molar refractivity (Wildman–Crippen MR) is 177 cm³/mol. The molecule has 6 atom stereocenters. The van der Waals surface area contributed by atoms with Crippen molar-refractivity contribution >= 4 is 11.8 Å². The molecule has 5 nitrogen and oxygen atoms in total. The second kappa shape index (κ2) is 19.2. The van der Waals surface area contributed by atoms with Crippen LogP contribution < -0.4 is 0 Å². The fourth-order valence-corrected chi connectivity index (χ4v) is 7.34. The van der Waals surface area contributed by atoms with Gasteiger partial charge in [-0.15, -0.1) is 11.8 Å². The van der Waals surface area contributed by atoms with Gasteiger partial charge in [0.15, 0.2) is 0 Å². The lowest BCUT2D eigenvalue weighted by atomic mass is 9.89. The molecule has 0 aromatic heterocycles. The molecule has 44 heavy (non-hydrogen) atoms. The summed E-state index contributed by atoms with van der Waals surface area (Å²) in [6, 6.07) is 14.2. The van der Waals surface area contributed by atoms with E-state index in [2.05, 4.69) is 52.0 Å². The molecular weight excluding hydrogens is 575 g/mol. The molecule has 3 unspecified atom stereocenters. The molecule has 7 heteroatoms. The van der Waals surface area contributed by atoms with Crippen molar-refractivity contribution in [2.75, 3.05) is 33.0 Å². The minimum atomic E-state index is -0.627. The number of rotatable bonds is 20. The van der Waals surface area contributed by atoms with Crippen LogP contribution >= 0.6 is 11.8 Å². The van der Waals surface area contributed by atoms with E-state index in [0.717, 1.165) is 69.8 Å². The number of halogens is 1. The average molecular weight is 631 g/mol. The molecule has 0 N–H and O–H groups in total. The topological polar surface area (TPSA) is 46.2 Å². The number of hydrogen-bond donors (Lipinski definition) is 0.